The summed E-state index contributed by atoms with van der Waals surface area (Å²) < 4.78 is 19.3. The average molecular weight is 474 g/mol. The average Bonchev–Trinajstić information content (AvgIpc) is 3.19. The van der Waals surface area contributed by atoms with Crippen LogP contribution < -0.4 is 4.72 Å². The van der Waals surface area contributed by atoms with E-state index in [9.17, 15) is 14.1 Å². The van der Waals surface area contributed by atoms with Crippen LogP contribution in [0.4, 0.5) is 5.69 Å². The number of amides is 1. The van der Waals surface area contributed by atoms with Gasteiger partial charge in [0.15, 0.2) is 11.9 Å². The van der Waals surface area contributed by atoms with Crippen molar-refractivity contribution in [1.29, 1.82) is 5.26 Å². The quantitative estimate of drug-likeness (QED) is 0.342. The summed E-state index contributed by atoms with van der Waals surface area (Å²) in [5.41, 5.74) is 1.78. The van der Waals surface area contributed by atoms with E-state index in [1.807, 2.05) is 27.7 Å². The van der Waals surface area contributed by atoms with E-state index in [4.69, 9.17) is 11.8 Å². The van der Waals surface area contributed by atoms with E-state index < -0.39 is 21.4 Å². The maximum atomic E-state index is 13.4. The normalized spacial score (nSPS) is 13.3. The smallest absolute Gasteiger partial charge is 0.259 e. The van der Waals surface area contributed by atoms with Crippen LogP contribution >= 0.6 is 11.3 Å². The Morgan fingerprint density at radius 1 is 1.34 bits per heavy atom. The first-order valence-electron chi connectivity index (χ1n) is 10.0. The summed E-state index contributed by atoms with van der Waals surface area (Å²) in [4.78, 5) is 21.0. The number of benzene rings is 1. The van der Waals surface area contributed by atoms with E-state index in [0.717, 1.165) is 28.0 Å². The summed E-state index contributed by atoms with van der Waals surface area (Å²) in [5.74, 6) is -0.545. The number of hydrogen-bond donors (Lipinski definition) is 2. The highest BCUT2D eigenvalue weighted by Crippen LogP contribution is 2.34. The molecule has 1 atom stereocenters. The van der Waals surface area contributed by atoms with Gasteiger partial charge in [-0.15, -0.1) is 15.7 Å². The summed E-state index contributed by atoms with van der Waals surface area (Å²) in [7, 11) is -3.64. The van der Waals surface area contributed by atoms with Gasteiger partial charge in [-0.05, 0) is 31.2 Å². The lowest BCUT2D eigenvalue weighted by Gasteiger charge is -2.20. The van der Waals surface area contributed by atoms with Crippen molar-refractivity contribution < 1.29 is 14.1 Å². The van der Waals surface area contributed by atoms with E-state index >= 15 is 0 Å². The van der Waals surface area contributed by atoms with Gasteiger partial charge in [0.25, 0.3) is 5.91 Å². The molecule has 32 heavy (non-hydrogen) atoms. The van der Waals surface area contributed by atoms with Crippen LogP contribution in [0.15, 0.2) is 27.0 Å². The van der Waals surface area contributed by atoms with Gasteiger partial charge in [-0.2, -0.15) is 5.26 Å². The standard InChI is InChI=1S/C22H27N5O3S2/c1-13(2)16-8-15(24-7)9-17(14(3)4)18(16)10-20(28)27-32(30,26-12-23)21-25-11-19(31-21)22(5,6)29/h8-9,11,13-14,29H,10H2,1-6H3,(H,26,27,28,30). The van der Waals surface area contributed by atoms with Crippen LogP contribution in [-0.2, 0) is 26.7 Å². The number of rotatable bonds is 7. The highest BCUT2D eigenvalue weighted by Gasteiger charge is 2.26. The van der Waals surface area contributed by atoms with Crippen LogP contribution in [0, 0.1) is 18.0 Å². The molecule has 0 aliphatic carbocycles. The number of carbonyl (C=O) groups excluding carboxylic acids is 1. The van der Waals surface area contributed by atoms with Gasteiger partial charge in [-0.1, -0.05) is 51.0 Å². The van der Waals surface area contributed by atoms with Crippen LogP contribution in [0.25, 0.3) is 4.85 Å². The fraction of sp³-hybridized carbons (Fsp3) is 0.455. The van der Waals surface area contributed by atoms with Gasteiger partial charge in [0, 0.05) is 6.20 Å². The summed E-state index contributed by atoms with van der Waals surface area (Å²) in [6, 6.07) is 3.54. The van der Waals surface area contributed by atoms with Gasteiger partial charge in [0.05, 0.1) is 23.5 Å². The molecule has 8 nitrogen and oxygen atoms in total. The van der Waals surface area contributed by atoms with Crippen LogP contribution in [0.3, 0.4) is 0 Å². The third kappa shape index (κ3) is 5.71. The minimum atomic E-state index is -3.64. The van der Waals surface area contributed by atoms with Crippen molar-refractivity contribution >= 4 is 32.8 Å². The molecule has 0 aliphatic rings. The zero-order valence-electron chi connectivity index (χ0n) is 19.0. The van der Waals surface area contributed by atoms with Crippen molar-refractivity contribution in [2.75, 3.05) is 0 Å². The lowest BCUT2D eigenvalue weighted by Crippen LogP contribution is -2.21. The molecule has 0 spiro atoms. The van der Waals surface area contributed by atoms with E-state index in [0.29, 0.717) is 10.6 Å². The summed E-state index contributed by atoms with van der Waals surface area (Å²) in [5, 5.41) is 19.3. The zero-order chi connectivity index (χ0) is 24.3. The molecule has 2 N–H and O–H groups in total. The number of nitriles is 1. The molecule has 1 heterocycles. The molecule has 0 saturated carbocycles. The predicted octanol–water partition coefficient (Wildman–Crippen LogP) is 4.75. The van der Waals surface area contributed by atoms with Gasteiger partial charge in [0.1, 0.15) is 0 Å². The van der Waals surface area contributed by atoms with Crippen LogP contribution in [0.5, 0.6) is 0 Å². The van der Waals surface area contributed by atoms with E-state index in [2.05, 4.69) is 18.9 Å². The van der Waals surface area contributed by atoms with Crippen molar-refractivity contribution in [1.82, 2.24) is 9.71 Å². The minimum Gasteiger partial charge on any atom is -0.385 e. The molecule has 0 saturated heterocycles. The largest absolute Gasteiger partial charge is 0.385 e. The molecule has 0 fully saturated rings. The van der Waals surface area contributed by atoms with Crippen molar-refractivity contribution in [2.24, 2.45) is 4.36 Å². The van der Waals surface area contributed by atoms with E-state index in [1.54, 1.807) is 32.2 Å². The second-order valence-electron chi connectivity index (χ2n) is 8.47. The number of nitrogens with zero attached hydrogens (tertiary/aromatic N) is 4. The third-order valence-corrected chi connectivity index (χ3v) is 8.18. The van der Waals surface area contributed by atoms with Gasteiger partial charge in [-0.3, -0.25) is 4.79 Å². The molecule has 10 heteroatoms. The molecule has 0 radical (unpaired) electrons. The van der Waals surface area contributed by atoms with Crippen LogP contribution in [-0.4, -0.2) is 20.2 Å². The first-order chi connectivity index (χ1) is 14.8. The molecule has 1 aromatic carbocycles. The molecule has 1 amide bonds. The Morgan fingerprint density at radius 2 is 1.91 bits per heavy atom. The van der Waals surface area contributed by atoms with Crippen molar-refractivity contribution in [2.45, 2.75) is 69.7 Å². The van der Waals surface area contributed by atoms with Gasteiger partial charge < -0.3 is 5.11 Å². The number of aromatic nitrogens is 1. The summed E-state index contributed by atoms with van der Waals surface area (Å²) in [6.45, 7) is 18.4. The molecule has 0 aliphatic heterocycles. The number of nitrogens with one attached hydrogen (secondary N) is 1. The Bertz CT molecular complexity index is 1190. The zero-order valence-corrected chi connectivity index (χ0v) is 20.6. The third-order valence-electron chi connectivity index (χ3n) is 4.74. The minimum absolute atomic E-state index is 0.0546. The summed E-state index contributed by atoms with van der Waals surface area (Å²) >= 11 is 0.927. The number of carbonyl (C=O) groups is 1. The molecule has 170 valence electrons. The molecule has 2 rings (SSSR count). The fourth-order valence-electron chi connectivity index (χ4n) is 3.16. The summed E-state index contributed by atoms with van der Waals surface area (Å²) in [6.07, 6.45) is 2.84. The van der Waals surface area contributed by atoms with Crippen molar-refractivity contribution in [3.8, 4) is 6.19 Å². The van der Waals surface area contributed by atoms with Crippen molar-refractivity contribution in [3.63, 3.8) is 0 Å². The molecule has 0 bridgehead atoms. The Hall–Kier alpha value is -2.79. The highest BCUT2D eigenvalue weighted by atomic mass is 32.2. The molecule has 1 aromatic heterocycles. The molecule has 2 aromatic rings. The monoisotopic (exact) mass is 473 g/mol. The highest BCUT2D eigenvalue weighted by molar-refractivity contribution is 7.94. The van der Waals surface area contributed by atoms with E-state index in [1.165, 1.54) is 6.20 Å². The lowest BCUT2D eigenvalue weighted by molar-refractivity contribution is -0.117. The Balaban J connectivity index is 2.57. The molecular formula is C22H27N5O3S2. The van der Waals surface area contributed by atoms with Gasteiger partial charge in [0.2, 0.25) is 14.3 Å². The lowest BCUT2D eigenvalue weighted by atomic mass is 9.86. The Labute approximate surface area is 193 Å². The SMILES string of the molecule is [C-]#[N+]c1cc(C(C)C)c(CC(=O)N=S(=O)(NC#N)c2ncc(C(C)(C)O)s2)c(C(C)C)c1. The van der Waals surface area contributed by atoms with Gasteiger partial charge in [-0.25, -0.2) is 18.8 Å². The predicted molar refractivity (Wildman–Crippen MR) is 125 cm³/mol. The number of thiazole rings is 1. The van der Waals surface area contributed by atoms with Crippen molar-refractivity contribution in [3.05, 3.63) is 51.3 Å². The molecule has 1 unspecified atom stereocenters. The second kappa shape index (κ2) is 9.78. The second-order valence-corrected chi connectivity index (χ2v) is 11.6. The first-order valence-corrected chi connectivity index (χ1v) is 12.3. The maximum Gasteiger partial charge on any atom is 0.259 e. The first kappa shape index (κ1) is 25.5. The Kier molecular flexibility index (Phi) is 7.79. The maximum absolute atomic E-state index is 13.4. The Morgan fingerprint density at radius 3 is 2.31 bits per heavy atom. The number of aliphatic hydroxyl groups is 1. The van der Waals surface area contributed by atoms with Gasteiger partial charge >= 0.3 is 0 Å². The fourth-order valence-corrected chi connectivity index (χ4v) is 5.65. The molecular weight excluding hydrogens is 446 g/mol. The van der Waals surface area contributed by atoms with E-state index in [-0.39, 0.29) is 22.6 Å². The van der Waals surface area contributed by atoms with Crippen LogP contribution in [0.1, 0.15) is 74.9 Å². The topological polar surface area (TPSA) is 120 Å². The van der Waals surface area contributed by atoms with Crippen LogP contribution in [0.2, 0.25) is 0 Å². The number of hydrogen-bond acceptors (Lipinski definition) is 6.